The van der Waals surface area contributed by atoms with Crippen molar-refractivity contribution in [3.05, 3.63) is 75.8 Å². The number of ketones is 1. The maximum atomic E-state index is 12.0. The van der Waals surface area contributed by atoms with Crippen molar-refractivity contribution in [2.75, 3.05) is 7.05 Å². The van der Waals surface area contributed by atoms with E-state index in [0.29, 0.717) is 11.1 Å². The Kier molecular flexibility index (Phi) is 5.06. The smallest absolute Gasteiger partial charge is 0.251 e. The third-order valence-electron chi connectivity index (χ3n) is 2.96. The van der Waals surface area contributed by atoms with Crippen molar-refractivity contribution in [3.63, 3.8) is 0 Å². The van der Waals surface area contributed by atoms with Crippen LogP contribution in [-0.4, -0.2) is 18.7 Å². The lowest BCUT2D eigenvalue weighted by molar-refractivity contribution is 0.0962. The zero-order valence-electron chi connectivity index (χ0n) is 11.5. The van der Waals surface area contributed by atoms with Crippen molar-refractivity contribution in [3.8, 4) is 0 Å². The van der Waals surface area contributed by atoms with E-state index in [2.05, 4.69) is 21.2 Å². The first kappa shape index (κ1) is 15.2. The predicted octanol–water partition coefficient (Wildman–Crippen LogP) is 3.70. The molecule has 0 radical (unpaired) electrons. The minimum absolute atomic E-state index is 0.0575. The van der Waals surface area contributed by atoms with E-state index in [1.54, 1.807) is 49.5 Å². The monoisotopic (exact) mass is 343 g/mol. The van der Waals surface area contributed by atoms with Crippen LogP contribution < -0.4 is 5.32 Å². The average molecular weight is 344 g/mol. The van der Waals surface area contributed by atoms with E-state index in [-0.39, 0.29) is 11.7 Å². The molecule has 2 aromatic rings. The van der Waals surface area contributed by atoms with E-state index in [1.807, 2.05) is 12.1 Å². The van der Waals surface area contributed by atoms with Gasteiger partial charge in [-0.25, -0.2) is 0 Å². The summed E-state index contributed by atoms with van der Waals surface area (Å²) in [6.07, 6.45) is 3.26. The number of benzene rings is 2. The van der Waals surface area contributed by atoms with Gasteiger partial charge in [-0.3, -0.25) is 9.59 Å². The van der Waals surface area contributed by atoms with E-state index >= 15 is 0 Å². The molecule has 21 heavy (non-hydrogen) atoms. The fourth-order valence-electron chi connectivity index (χ4n) is 1.77. The van der Waals surface area contributed by atoms with Crippen molar-refractivity contribution < 1.29 is 9.59 Å². The Morgan fingerprint density at radius 1 is 0.952 bits per heavy atom. The molecule has 2 aromatic carbocycles. The zero-order valence-corrected chi connectivity index (χ0v) is 13.1. The Bertz CT molecular complexity index is 673. The van der Waals surface area contributed by atoms with E-state index < -0.39 is 0 Å². The van der Waals surface area contributed by atoms with Crippen LogP contribution in [0.25, 0.3) is 6.08 Å². The lowest BCUT2D eigenvalue weighted by Crippen LogP contribution is -2.17. The highest BCUT2D eigenvalue weighted by atomic mass is 79.9. The molecule has 0 saturated heterocycles. The molecular weight excluding hydrogens is 330 g/mol. The molecule has 0 fully saturated rings. The minimum atomic E-state index is -0.128. The first-order chi connectivity index (χ1) is 10.1. The van der Waals surface area contributed by atoms with E-state index in [9.17, 15) is 9.59 Å². The van der Waals surface area contributed by atoms with Gasteiger partial charge >= 0.3 is 0 Å². The molecule has 0 aliphatic rings. The van der Waals surface area contributed by atoms with Crippen molar-refractivity contribution in [2.24, 2.45) is 0 Å². The molecule has 1 amide bonds. The largest absolute Gasteiger partial charge is 0.355 e. The summed E-state index contributed by atoms with van der Waals surface area (Å²) in [6.45, 7) is 0. The minimum Gasteiger partial charge on any atom is -0.355 e. The summed E-state index contributed by atoms with van der Waals surface area (Å²) >= 11 is 3.33. The number of carbonyl (C=O) groups excluding carboxylic acids is 2. The van der Waals surface area contributed by atoms with Gasteiger partial charge in [0.15, 0.2) is 5.78 Å². The van der Waals surface area contributed by atoms with Crippen LogP contribution in [0.2, 0.25) is 0 Å². The van der Waals surface area contributed by atoms with Crippen LogP contribution in [0.3, 0.4) is 0 Å². The third kappa shape index (κ3) is 4.13. The molecular formula is C17H14BrNO2. The maximum absolute atomic E-state index is 12.0. The second-order valence-corrected chi connectivity index (χ2v) is 5.32. The molecule has 0 heterocycles. The SMILES string of the molecule is CNC(=O)c1ccc(/C=C/C(=O)c2ccc(Br)cc2)cc1. The second kappa shape index (κ2) is 6.99. The summed E-state index contributed by atoms with van der Waals surface area (Å²) in [6, 6.07) is 14.3. The van der Waals surface area contributed by atoms with Gasteiger partial charge in [0, 0.05) is 22.6 Å². The molecule has 4 heteroatoms. The Hall–Kier alpha value is -2.20. The predicted molar refractivity (Wildman–Crippen MR) is 87.3 cm³/mol. The Balaban J connectivity index is 2.08. The van der Waals surface area contributed by atoms with Gasteiger partial charge in [-0.1, -0.05) is 34.1 Å². The summed E-state index contributed by atoms with van der Waals surface area (Å²) in [5, 5.41) is 2.56. The zero-order chi connectivity index (χ0) is 15.2. The van der Waals surface area contributed by atoms with Crippen LogP contribution in [0.15, 0.2) is 59.1 Å². The van der Waals surface area contributed by atoms with Crippen LogP contribution in [0.1, 0.15) is 26.3 Å². The normalized spacial score (nSPS) is 10.6. The quantitative estimate of drug-likeness (QED) is 0.679. The number of hydrogen-bond acceptors (Lipinski definition) is 2. The summed E-state index contributed by atoms with van der Waals surface area (Å²) in [5.74, 6) is -0.186. The number of nitrogens with one attached hydrogen (secondary N) is 1. The number of carbonyl (C=O) groups is 2. The number of halogens is 1. The Morgan fingerprint density at radius 2 is 1.52 bits per heavy atom. The highest BCUT2D eigenvalue weighted by molar-refractivity contribution is 9.10. The van der Waals surface area contributed by atoms with Gasteiger partial charge in [0.05, 0.1) is 0 Å². The van der Waals surface area contributed by atoms with Gasteiger partial charge in [0.25, 0.3) is 5.91 Å². The van der Waals surface area contributed by atoms with E-state index in [1.165, 1.54) is 6.08 Å². The van der Waals surface area contributed by atoms with Crippen molar-refractivity contribution in [1.82, 2.24) is 5.32 Å². The van der Waals surface area contributed by atoms with E-state index in [0.717, 1.165) is 10.0 Å². The summed E-state index contributed by atoms with van der Waals surface area (Å²) in [4.78, 5) is 23.4. The van der Waals surface area contributed by atoms with Gasteiger partial charge in [-0.05, 0) is 48.0 Å². The highest BCUT2D eigenvalue weighted by Crippen LogP contribution is 2.12. The lowest BCUT2D eigenvalue weighted by atomic mass is 10.1. The van der Waals surface area contributed by atoms with Crippen molar-refractivity contribution >= 4 is 33.7 Å². The first-order valence-corrected chi connectivity index (χ1v) is 7.19. The molecule has 1 N–H and O–H groups in total. The molecule has 106 valence electrons. The van der Waals surface area contributed by atoms with Crippen molar-refractivity contribution in [2.45, 2.75) is 0 Å². The molecule has 0 aliphatic heterocycles. The summed E-state index contributed by atoms with van der Waals surface area (Å²) < 4.78 is 0.938. The molecule has 0 aromatic heterocycles. The van der Waals surface area contributed by atoms with Crippen LogP contribution >= 0.6 is 15.9 Å². The highest BCUT2D eigenvalue weighted by Gasteiger charge is 2.03. The van der Waals surface area contributed by atoms with Crippen LogP contribution in [0, 0.1) is 0 Å². The fourth-order valence-corrected chi connectivity index (χ4v) is 2.04. The second-order valence-electron chi connectivity index (χ2n) is 4.41. The molecule has 2 rings (SSSR count). The van der Waals surface area contributed by atoms with Crippen LogP contribution in [0.5, 0.6) is 0 Å². The molecule has 0 aliphatic carbocycles. The fraction of sp³-hybridized carbons (Fsp3) is 0.0588. The number of rotatable bonds is 4. The average Bonchev–Trinajstić information content (AvgIpc) is 2.53. The summed E-state index contributed by atoms with van der Waals surface area (Å²) in [7, 11) is 1.59. The third-order valence-corrected chi connectivity index (χ3v) is 3.48. The van der Waals surface area contributed by atoms with Crippen molar-refractivity contribution in [1.29, 1.82) is 0 Å². The Labute approximate surface area is 131 Å². The molecule has 0 bridgehead atoms. The Morgan fingerprint density at radius 3 is 2.10 bits per heavy atom. The number of hydrogen-bond donors (Lipinski definition) is 1. The number of allylic oxidation sites excluding steroid dienone is 1. The molecule has 3 nitrogen and oxygen atoms in total. The van der Waals surface area contributed by atoms with Gasteiger partial charge in [-0.2, -0.15) is 0 Å². The number of amides is 1. The maximum Gasteiger partial charge on any atom is 0.251 e. The summed E-state index contributed by atoms with van der Waals surface area (Å²) in [5.41, 5.74) is 2.10. The van der Waals surface area contributed by atoms with Crippen LogP contribution in [0.4, 0.5) is 0 Å². The van der Waals surface area contributed by atoms with Gasteiger partial charge in [0.2, 0.25) is 0 Å². The first-order valence-electron chi connectivity index (χ1n) is 6.40. The molecule has 0 spiro atoms. The van der Waals surface area contributed by atoms with Gasteiger partial charge in [0.1, 0.15) is 0 Å². The topological polar surface area (TPSA) is 46.2 Å². The molecule has 0 atom stereocenters. The molecule has 0 unspecified atom stereocenters. The van der Waals surface area contributed by atoms with Gasteiger partial charge < -0.3 is 5.32 Å². The van der Waals surface area contributed by atoms with E-state index in [4.69, 9.17) is 0 Å². The standard InChI is InChI=1S/C17H14BrNO2/c1-19-17(21)14-5-2-12(3-6-14)4-11-16(20)13-7-9-15(18)10-8-13/h2-11H,1H3,(H,19,21)/b11-4+. The molecule has 0 saturated carbocycles. The lowest BCUT2D eigenvalue weighted by Gasteiger charge is -2.00. The van der Waals surface area contributed by atoms with Crippen LogP contribution in [-0.2, 0) is 0 Å². The van der Waals surface area contributed by atoms with Gasteiger partial charge in [-0.15, -0.1) is 0 Å².